The number of unbranched alkanes of at least 4 members (excludes halogenated alkanes) is 15. The van der Waals surface area contributed by atoms with E-state index in [4.69, 9.17) is 4.74 Å². The summed E-state index contributed by atoms with van der Waals surface area (Å²) in [5.74, 6) is -0.0939. The third-order valence-electron chi connectivity index (χ3n) is 7.21. The minimum atomic E-state index is -0.0885. The number of methoxy groups -OCH3 is 1. The number of hydrogen-bond donors (Lipinski definition) is 0. The fourth-order valence-corrected chi connectivity index (χ4v) is 4.76. The zero-order valence-electron chi connectivity index (χ0n) is 25.8. The van der Waals surface area contributed by atoms with Crippen molar-refractivity contribution >= 4 is 11.9 Å². The highest BCUT2D eigenvalue weighted by Crippen LogP contribution is 2.18. The zero-order valence-corrected chi connectivity index (χ0v) is 25.8. The molecule has 0 spiro atoms. The lowest BCUT2D eigenvalue weighted by molar-refractivity contribution is -0.150. The highest BCUT2D eigenvalue weighted by molar-refractivity contribution is 5.69. The largest absolute Gasteiger partial charge is 0.469 e. The van der Waals surface area contributed by atoms with Crippen LogP contribution < -0.4 is 0 Å². The van der Waals surface area contributed by atoms with Crippen molar-refractivity contribution in [2.45, 2.75) is 161 Å². The summed E-state index contributed by atoms with van der Waals surface area (Å²) in [4.78, 5) is 25.5. The maximum atomic E-state index is 12.3. The van der Waals surface area contributed by atoms with E-state index in [1.807, 2.05) is 14.1 Å². The van der Waals surface area contributed by atoms with Crippen LogP contribution in [-0.2, 0) is 19.1 Å². The third kappa shape index (κ3) is 27.7. The van der Waals surface area contributed by atoms with Crippen LogP contribution in [0, 0.1) is 0 Å². The average molecular weight is 538 g/mol. The number of nitrogens with zero attached hydrogens (tertiary/aromatic N) is 1. The summed E-state index contributed by atoms with van der Waals surface area (Å²) in [6, 6.07) is 0. The van der Waals surface area contributed by atoms with E-state index in [1.54, 1.807) is 0 Å². The number of allylic oxidation sites excluding steroid dienone is 2. The van der Waals surface area contributed by atoms with Crippen molar-refractivity contribution in [3.63, 3.8) is 0 Å². The van der Waals surface area contributed by atoms with Gasteiger partial charge in [-0.05, 0) is 84.8 Å². The lowest BCUT2D eigenvalue weighted by Gasteiger charge is -2.18. The number of carbonyl (C=O) groups excluding carboxylic acids is 2. The Morgan fingerprint density at radius 3 is 1.63 bits per heavy atom. The van der Waals surface area contributed by atoms with Gasteiger partial charge >= 0.3 is 11.9 Å². The Labute approximate surface area is 236 Å². The number of carbonyl (C=O) groups is 2. The molecule has 0 aromatic carbocycles. The minimum absolute atomic E-state index is 0.00546. The van der Waals surface area contributed by atoms with Gasteiger partial charge in [0.25, 0.3) is 0 Å². The smallest absolute Gasteiger partial charge is 0.306 e. The molecule has 38 heavy (non-hydrogen) atoms. The highest BCUT2D eigenvalue weighted by Gasteiger charge is 2.14. The Morgan fingerprint density at radius 2 is 1.11 bits per heavy atom. The summed E-state index contributed by atoms with van der Waals surface area (Å²) in [6.45, 7) is 3.19. The summed E-state index contributed by atoms with van der Waals surface area (Å²) in [5.41, 5.74) is 0. The average Bonchev–Trinajstić information content (AvgIpc) is 2.89. The normalized spacial score (nSPS) is 12.3. The van der Waals surface area contributed by atoms with Gasteiger partial charge in [-0.1, -0.05) is 89.7 Å². The van der Waals surface area contributed by atoms with E-state index in [0.29, 0.717) is 12.8 Å². The number of esters is 2. The second-order valence-corrected chi connectivity index (χ2v) is 11.3. The van der Waals surface area contributed by atoms with Crippen LogP contribution in [0.4, 0.5) is 0 Å². The molecule has 0 radical (unpaired) electrons. The van der Waals surface area contributed by atoms with Crippen LogP contribution in [-0.4, -0.2) is 50.7 Å². The first kappa shape index (κ1) is 36.6. The summed E-state index contributed by atoms with van der Waals surface area (Å²) in [6.07, 6.45) is 31.0. The van der Waals surface area contributed by atoms with Crippen LogP contribution in [0.1, 0.15) is 155 Å². The van der Waals surface area contributed by atoms with Gasteiger partial charge in [0.05, 0.1) is 7.11 Å². The molecule has 0 saturated carbocycles. The maximum absolute atomic E-state index is 12.3. The van der Waals surface area contributed by atoms with Crippen molar-refractivity contribution < 1.29 is 19.1 Å². The van der Waals surface area contributed by atoms with Gasteiger partial charge < -0.3 is 14.4 Å². The molecule has 0 heterocycles. The predicted octanol–water partition coefficient (Wildman–Crippen LogP) is 9.18. The second kappa shape index (κ2) is 28.6. The quantitative estimate of drug-likeness (QED) is 0.0565. The van der Waals surface area contributed by atoms with Gasteiger partial charge in [0, 0.05) is 12.8 Å². The molecular formula is C33H63NO4. The molecule has 0 aliphatic heterocycles. The van der Waals surface area contributed by atoms with Crippen molar-refractivity contribution in [2.75, 3.05) is 27.7 Å². The van der Waals surface area contributed by atoms with Gasteiger partial charge in [-0.2, -0.15) is 0 Å². The van der Waals surface area contributed by atoms with E-state index in [-0.39, 0.29) is 18.0 Å². The first-order valence-electron chi connectivity index (χ1n) is 16.1. The highest BCUT2D eigenvalue weighted by atomic mass is 16.5. The fraction of sp³-hybridized carbons (Fsp3) is 0.879. The standard InChI is InChI=1S/C33H63NO4/c1-5-6-7-19-22-26-31(38-33(36)29-25-30-34(2)3)27-23-20-17-15-13-11-9-8-10-12-14-16-18-21-24-28-32(35)37-4/h8,10,31H,5-7,9,11-30H2,1-4H3. The molecule has 1 atom stereocenters. The summed E-state index contributed by atoms with van der Waals surface area (Å²) >= 11 is 0. The number of hydrogen-bond acceptors (Lipinski definition) is 5. The lowest BCUT2D eigenvalue weighted by Crippen LogP contribution is -2.20. The molecular weight excluding hydrogens is 474 g/mol. The van der Waals surface area contributed by atoms with Gasteiger partial charge in [-0.15, -0.1) is 0 Å². The second-order valence-electron chi connectivity index (χ2n) is 11.3. The molecule has 0 amide bonds. The molecule has 0 rings (SSSR count). The zero-order chi connectivity index (χ0) is 28.1. The first-order valence-corrected chi connectivity index (χ1v) is 16.1. The van der Waals surface area contributed by atoms with Crippen molar-refractivity contribution in [1.82, 2.24) is 4.90 Å². The molecule has 0 bridgehead atoms. The van der Waals surface area contributed by atoms with E-state index in [2.05, 4.69) is 28.7 Å². The van der Waals surface area contributed by atoms with Crippen LogP contribution in [0.3, 0.4) is 0 Å². The van der Waals surface area contributed by atoms with Crippen LogP contribution in [0.5, 0.6) is 0 Å². The molecule has 1 unspecified atom stereocenters. The van der Waals surface area contributed by atoms with Crippen LogP contribution in [0.25, 0.3) is 0 Å². The molecule has 0 saturated heterocycles. The van der Waals surface area contributed by atoms with Gasteiger partial charge in [0.2, 0.25) is 0 Å². The molecule has 0 aromatic rings. The monoisotopic (exact) mass is 537 g/mol. The van der Waals surface area contributed by atoms with Gasteiger partial charge in [-0.25, -0.2) is 0 Å². The van der Waals surface area contributed by atoms with Gasteiger partial charge in [0.15, 0.2) is 0 Å². The Kier molecular flexibility index (Phi) is 27.6. The molecule has 0 fully saturated rings. The van der Waals surface area contributed by atoms with E-state index in [1.165, 1.54) is 110 Å². The van der Waals surface area contributed by atoms with Crippen LogP contribution in [0.15, 0.2) is 12.2 Å². The Hall–Kier alpha value is -1.36. The molecule has 0 aliphatic carbocycles. The molecule has 0 N–H and O–H groups in total. The van der Waals surface area contributed by atoms with Crippen LogP contribution >= 0.6 is 0 Å². The van der Waals surface area contributed by atoms with Crippen LogP contribution in [0.2, 0.25) is 0 Å². The molecule has 0 aromatic heterocycles. The van der Waals surface area contributed by atoms with Crippen molar-refractivity contribution in [3.8, 4) is 0 Å². The van der Waals surface area contributed by atoms with E-state index in [0.717, 1.165) is 38.6 Å². The fourth-order valence-electron chi connectivity index (χ4n) is 4.76. The minimum Gasteiger partial charge on any atom is -0.469 e. The van der Waals surface area contributed by atoms with Gasteiger partial charge in [0.1, 0.15) is 6.10 Å². The molecule has 0 aliphatic rings. The van der Waals surface area contributed by atoms with Gasteiger partial charge in [-0.3, -0.25) is 9.59 Å². The SMILES string of the molecule is CCCCCCCC(CCCCCCCCC=CCCCCCCCC(=O)OC)OC(=O)CCCN(C)C. The molecule has 224 valence electrons. The van der Waals surface area contributed by atoms with E-state index in [9.17, 15) is 9.59 Å². The summed E-state index contributed by atoms with van der Waals surface area (Å²) in [7, 11) is 5.55. The number of rotatable bonds is 28. The van der Waals surface area contributed by atoms with Crippen molar-refractivity contribution in [3.05, 3.63) is 12.2 Å². The number of ether oxygens (including phenoxy) is 2. The maximum Gasteiger partial charge on any atom is 0.306 e. The van der Waals surface area contributed by atoms with E-state index >= 15 is 0 Å². The first-order chi connectivity index (χ1) is 18.5. The Bertz CT molecular complexity index is 561. The Morgan fingerprint density at radius 1 is 0.632 bits per heavy atom. The molecule has 5 nitrogen and oxygen atoms in total. The topological polar surface area (TPSA) is 55.8 Å². The third-order valence-corrected chi connectivity index (χ3v) is 7.21. The van der Waals surface area contributed by atoms with E-state index < -0.39 is 0 Å². The Balaban J connectivity index is 3.77. The van der Waals surface area contributed by atoms with Crippen molar-refractivity contribution in [1.29, 1.82) is 0 Å². The van der Waals surface area contributed by atoms with Crippen molar-refractivity contribution in [2.24, 2.45) is 0 Å². The summed E-state index contributed by atoms with van der Waals surface area (Å²) < 4.78 is 10.6. The lowest BCUT2D eigenvalue weighted by atomic mass is 10.0. The molecule has 5 heteroatoms. The summed E-state index contributed by atoms with van der Waals surface area (Å²) in [5, 5.41) is 0. The predicted molar refractivity (Wildman–Crippen MR) is 161 cm³/mol.